The Bertz CT molecular complexity index is 825. The van der Waals surface area contributed by atoms with E-state index in [-0.39, 0.29) is 6.54 Å². The van der Waals surface area contributed by atoms with Crippen molar-refractivity contribution in [2.45, 2.75) is 12.6 Å². The van der Waals surface area contributed by atoms with Crippen molar-refractivity contribution in [1.82, 2.24) is 10.6 Å². The third-order valence-electron chi connectivity index (χ3n) is 3.43. The SMILES string of the molecule is O=C(NCc1cccs1)C(=O)NCC(O)c1ccc(-c2ccsc2)s1. The van der Waals surface area contributed by atoms with Gasteiger partial charge in [-0.1, -0.05) is 6.07 Å². The van der Waals surface area contributed by atoms with Gasteiger partial charge in [-0.25, -0.2) is 0 Å². The van der Waals surface area contributed by atoms with Crippen LogP contribution in [0.5, 0.6) is 0 Å². The van der Waals surface area contributed by atoms with Gasteiger partial charge in [0.1, 0.15) is 6.10 Å². The highest BCUT2D eigenvalue weighted by Crippen LogP contribution is 2.32. The predicted octanol–water partition coefficient (Wildman–Crippen LogP) is 3.00. The molecule has 3 aromatic heterocycles. The molecule has 0 aliphatic rings. The van der Waals surface area contributed by atoms with Crippen molar-refractivity contribution in [3.8, 4) is 10.4 Å². The molecule has 0 radical (unpaired) electrons. The van der Waals surface area contributed by atoms with Crippen LogP contribution in [-0.4, -0.2) is 23.5 Å². The second-order valence-electron chi connectivity index (χ2n) is 5.20. The van der Waals surface area contributed by atoms with Gasteiger partial charge in [0.15, 0.2) is 0 Å². The van der Waals surface area contributed by atoms with Crippen LogP contribution >= 0.6 is 34.0 Å². The van der Waals surface area contributed by atoms with E-state index in [2.05, 4.69) is 10.6 Å². The minimum absolute atomic E-state index is 0.00511. The van der Waals surface area contributed by atoms with Crippen LogP contribution in [0, 0.1) is 0 Å². The summed E-state index contributed by atoms with van der Waals surface area (Å²) in [5.74, 6) is -1.45. The minimum atomic E-state index is -0.841. The third kappa shape index (κ3) is 4.76. The Hall–Kier alpha value is -2.00. The zero-order valence-corrected chi connectivity index (χ0v) is 15.5. The molecule has 0 spiro atoms. The van der Waals surface area contributed by atoms with Gasteiger partial charge >= 0.3 is 11.8 Å². The number of thiophene rings is 3. The molecule has 3 N–H and O–H groups in total. The topological polar surface area (TPSA) is 78.4 Å². The Morgan fingerprint density at radius 3 is 2.64 bits per heavy atom. The molecule has 3 heterocycles. The quantitative estimate of drug-likeness (QED) is 0.564. The molecule has 3 rings (SSSR count). The highest BCUT2D eigenvalue weighted by Gasteiger charge is 2.17. The Labute approximate surface area is 157 Å². The fourth-order valence-corrected chi connectivity index (χ4v) is 4.49. The molecule has 0 aliphatic heterocycles. The van der Waals surface area contributed by atoms with Gasteiger partial charge in [-0.3, -0.25) is 9.59 Å². The number of nitrogens with one attached hydrogen (secondary N) is 2. The average molecular weight is 393 g/mol. The minimum Gasteiger partial charge on any atom is -0.386 e. The number of amides is 2. The van der Waals surface area contributed by atoms with Crippen molar-refractivity contribution in [2.75, 3.05) is 6.54 Å². The Morgan fingerprint density at radius 2 is 1.92 bits per heavy atom. The van der Waals surface area contributed by atoms with Crippen molar-refractivity contribution >= 4 is 45.8 Å². The van der Waals surface area contributed by atoms with E-state index in [4.69, 9.17) is 0 Å². The van der Waals surface area contributed by atoms with Crippen LogP contribution in [-0.2, 0) is 16.1 Å². The molecule has 0 saturated heterocycles. The van der Waals surface area contributed by atoms with E-state index >= 15 is 0 Å². The molecule has 1 atom stereocenters. The summed E-state index contributed by atoms with van der Waals surface area (Å²) < 4.78 is 0. The van der Waals surface area contributed by atoms with E-state index in [0.29, 0.717) is 6.54 Å². The summed E-state index contributed by atoms with van der Waals surface area (Å²) in [7, 11) is 0. The summed E-state index contributed by atoms with van der Waals surface area (Å²) >= 11 is 4.60. The van der Waals surface area contributed by atoms with Crippen molar-refractivity contribution < 1.29 is 14.7 Å². The van der Waals surface area contributed by atoms with Crippen LogP contribution in [0.4, 0.5) is 0 Å². The maximum absolute atomic E-state index is 11.8. The third-order valence-corrected chi connectivity index (χ3v) is 6.22. The summed E-state index contributed by atoms with van der Waals surface area (Å²) in [5.41, 5.74) is 1.12. The standard InChI is InChI=1S/C17H16N2O3S3/c20-13(15-4-3-14(25-15)11-5-7-23-10-11)9-19-17(22)16(21)18-8-12-2-1-6-24-12/h1-7,10,13,20H,8-9H2,(H,18,21)(H,19,22). The van der Waals surface area contributed by atoms with Gasteiger partial charge in [0.05, 0.1) is 6.54 Å². The lowest BCUT2D eigenvalue weighted by Gasteiger charge is -2.10. The van der Waals surface area contributed by atoms with Crippen molar-refractivity contribution in [3.63, 3.8) is 0 Å². The summed E-state index contributed by atoms with van der Waals surface area (Å²) in [6, 6.07) is 9.57. The fraction of sp³-hybridized carbons (Fsp3) is 0.176. The van der Waals surface area contributed by atoms with Crippen LogP contribution < -0.4 is 10.6 Å². The number of hydrogen-bond donors (Lipinski definition) is 3. The second kappa shape index (κ2) is 8.39. The first-order valence-corrected chi connectivity index (χ1v) is 10.2. The van der Waals surface area contributed by atoms with Gasteiger partial charge in [-0.2, -0.15) is 11.3 Å². The zero-order chi connectivity index (χ0) is 17.6. The molecular weight excluding hydrogens is 376 g/mol. The highest BCUT2D eigenvalue weighted by atomic mass is 32.1. The number of aliphatic hydroxyl groups is 1. The van der Waals surface area contributed by atoms with E-state index in [1.165, 1.54) is 22.7 Å². The average Bonchev–Trinajstić information content (AvgIpc) is 3.37. The summed E-state index contributed by atoms with van der Waals surface area (Å²) in [6.07, 6.45) is -0.841. The first kappa shape index (κ1) is 17.8. The first-order chi connectivity index (χ1) is 12.1. The molecule has 0 saturated carbocycles. The lowest BCUT2D eigenvalue weighted by molar-refractivity contribution is -0.139. The van der Waals surface area contributed by atoms with Crippen LogP contribution in [0.25, 0.3) is 10.4 Å². The number of rotatable bonds is 6. The maximum atomic E-state index is 11.8. The molecule has 0 bridgehead atoms. The maximum Gasteiger partial charge on any atom is 0.309 e. The van der Waals surface area contributed by atoms with Gasteiger partial charge in [-0.05, 0) is 40.4 Å². The lowest BCUT2D eigenvalue weighted by atomic mass is 10.2. The van der Waals surface area contributed by atoms with Crippen molar-refractivity contribution in [2.24, 2.45) is 0 Å². The summed E-state index contributed by atoms with van der Waals surface area (Å²) in [5, 5.41) is 21.2. The van der Waals surface area contributed by atoms with Crippen LogP contribution in [0.3, 0.4) is 0 Å². The molecular formula is C17H16N2O3S3. The summed E-state index contributed by atoms with van der Waals surface area (Å²) in [4.78, 5) is 26.3. The van der Waals surface area contributed by atoms with Crippen LogP contribution in [0.1, 0.15) is 15.9 Å². The molecule has 3 aromatic rings. The summed E-state index contributed by atoms with van der Waals surface area (Å²) in [6.45, 7) is 0.316. The molecule has 8 heteroatoms. The monoisotopic (exact) mass is 392 g/mol. The van der Waals surface area contributed by atoms with Gasteiger partial charge in [0.2, 0.25) is 0 Å². The smallest absolute Gasteiger partial charge is 0.309 e. The Kier molecular flexibility index (Phi) is 5.98. The van der Waals surface area contributed by atoms with E-state index < -0.39 is 17.9 Å². The van der Waals surface area contributed by atoms with Gasteiger partial charge in [0.25, 0.3) is 0 Å². The predicted molar refractivity (Wildman–Crippen MR) is 102 cm³/mol. The molecule has 0 fully saturated rings. The Morgan fingerprint density at radius 1 is 1.08 bits per heavy atom. The van der Waals surface area contributed by atoms with E-state index in [9.17, 15) is 14.7 Å². The van der Waals surface area contributed by atoms with Crippen molar-refractivity contribution in [1.29, 1.82) is 0 Å². The fourth-order valence-electron chi connectivity index (χ4n) is 2.12. The second-order valence-corrected chi connectivity index (χ2v) is 8.13. The largest absolute Gasteiger partial charge is 0.386 e. The van der Waals surface area contributed by atoms with Gasteiger partial charge in [-0.15, -0.1) is 22.7 Å². The molecule has 0 aromatic carbocycles. The molecule has 0 aliphatic carbocycles. The molecule has 2 amide bonds. The highest BCUT2D eigenvalue weighted by molar-refractivity contribution is 7.16. The molecule has 25 heavy (non-hydrogen) atoms. The van der Waals surface area contributed by atoms with E-state index in [0.717, 1.165) is 20.2 Å². The van der Waals surface area contributed by atoms with Gasteiger partial charge in [0, 0.05) is 26.7 Å². The zero-order valence-electron chi connectivity index (χ0n) is 13.1. The number of hydrogen-bond acceptors (Lipinski definition) is 6. The molecule has 5 nitrogen and oxygen atoms in total. The van der Waals surface area contributed by atoms with E-state index in [1.54, 1.807) is 11.3 Å². The number of carbonyl (C=O) groups is 2. The van der Waals surface area contributed by atoms with Crippen molar-refractivity contribution in [3.05, 3.63) is 56.2 Å². The van der Waals surface area contributed by atoms with E-state index in [1.807, 2.05) is 46.5 Å². The van der Waals surface area contributed by atoms with Crippen LogP contribution in [0.15, 0.2) is 46.5 Å². The lowest BCUT2D eigenvalue weighted by Crippen LogP contribution is -2.40. The van der Waals surface area contributed by atoms with Gasteiger partial charge < -0.3 is 15.7 Å². The van der Waals surface area contributed by atoms with Crippen LogP contribution in [0.2, 0.25) is 0 Å². The first-order valence-electron chi connectivity index (χ1n) is 7.52. The Balaban J connectivity index is 1.47. The number of carbonyl (C=O) groups excluding carboxylic acids is 2. The normalized spacial score (nSPS) is 11.9. The number of aliphatic hydroxyl groups excluding tert-OH is 1. The molecule has 1 unspecified atom stereocenters. The molecule has 130 valence electrons.